The summed E-state index contributed by atoms with van der Waals surface area (Å²) < 4.78 is 6.09. The number of carbonyl (C=O) groups is 1. The van der Waals surface area contributed by atoms with Crippen LogP contribution in [0, 0.1) is 5.92 Å². The molecule has 1 aromatic carbocycles. The lowest BCUT2D eigenvalue weighted by Gasteiger charge is -2.15. The van der Waals surface area contributed by atoms with Gasteiger partial charge in [-0.25, -0.2) is 0 Å². The van der Waals surface area contributed by atoms with E-state index in [4.69, 9.17) is 10.5 Å². The number of hydrogen-bond acceptors (Lipinski definition) is 3. The Kier molecular flexibility index (Phi) is 7.05. The number of halogens is 1. The van der Waals surface area contributed by atoms with E-state index in [9.17, 15) is 4.79 Å². The van der Waals surface area contributed by atoms with Crippen molar-refractivity contribution in [3.05, 3.63) is 28.2 Å². The lowest BCUT2D eigenvalue weighted by molar-refractivity contribution is -0.119. The normalized spacial score (nSPS) is 12.2. The molecular weight excluding hydrogens is 308 g/mol. The third kappa shape index (κ3) is 4.93. The van der Waals surface area contributed by atoms with Gasteiger partial charge in [0.05, 0.1) is 6.61 Å². The van der Waals surface area contributed by atoms with Crippen molar-refractivity contribution in [1.82, 2.24) is 0 Å². The number of nitrogens with two attached hydrogens (primary N) is 1. The summed E-state index contributed by atoms with van der Waals surface area (Å²) in [6.07, 6.45) is 1.66. The van der Waals surface area contributed by atoms with Crippen molar-refractivity contribution < 1.29 is 9.53 Å². The molecule has 0 saturated heterocycles. The predicted molar refractivity (Wildman–Crippen MR) is 80.9 cm³/mol. The summed E-state index contributed by atoms with van der Waals surface area (Å²) in [5.74, 6) is -0.0261. The van der Waals surface area contributed by atoms with Gasteiger partial charge in [-0.2, -0.15) is 0 Å². The summed E-state index contributed by atoms with van der Waals surface area (Å²) in [5.41, 5.74) is 7.20. The molecule has 0 radical (unpaired) electrons. The Labute approximate surface area is 122 Å². The molecule has 0 spiro atoms. The number of benzene rings is 1. The molecule has 0 aliphatic carbocycles. The zero-order chi connectivity index (χ0) is 14.3. The maximum absolute atomic E-state index is 12.1. The van der Waals surface area contributed by atoms with Crippen molar-refractivity contribution in [2.24, 2.45) is 11.7 Å². The van der Waals surface area contributed by atoms with E-state index >= 15 is 0 Å². The van der Waals surface area contributed by atoms with E-state index in [2.05, 4.69) is 21.2 Å². The number of anilines is 1. The fraction of sp³-hybridized carbons (Fsp3) is 0.500. The Morgan fingerprint density at radius 3 is 2.89 bits per heavy atom. The van der Waals surface area contributed by atoms with Crippen LogP contribution in [0.25, 0.3) is 0 Å². The summed E-state index contributed by atoms with van der Waals surface area (Å²) in [4.78, 5) is 12.1. The number of rotatable bonds is 7. The van der Waals surface area contributed by atoms with Crippen molar-refractivity contribution in [3.63, 3.8) is 0 Å². The van der Waals surface area contributed by atoms with Gasteiger partial charge >= 0.3 is 0 Å². The fourth-order valence-electron chi connectivity index (χ4n) is 1.78. The number of hydrogen-bond donors (Lipinski definition) is 2. The fourth-order valence-corrected chi connectivity index (χ4v) is 2.26. The molecule has 1 unspecified atom stereocenters. The summed E-state index contributed by atoms with van der Waals surface area (Å²) in [6, 6.07) is 5.71. The van der Waals surface area contributed by atoms with Gasteiger partial charge in [-0.1, -0.05) is 28.9 Å². The summed E-state index contributed by atoms with van der Waals surface area (Å²) in [5, 5.41) is 2.96. The maximum Gasteiger partial charge on any atom is 0.227 e. The van der Waals surface area contributed by atoms with Gasteiger partial charge in [-0.3, -0.25) is 4.79 Å². The summed E-state index contributed by atoms with van der Waals surface area (Å²) in [6.45, 7) is 2.98. The number of methoxy groups -OCH3 is 1. The van der Waals surface area contributed by atoms with Gasteiger partial charge in [0.2, 0.25) is 5.91 Å². The second-order valence-corrected chi connectivity index (χ2v) is 5.37. The van der Waals surface area contributed by atoms with Crippen molar-refractivity contribution in [1.29, 1.82) is 0 Å². The van der Waals surface area contributed by atoms with E-state index in [1.807, 2.05) is 25.1 Å². The monoisotopic (exact) mass is 328 g/mol. The highest BCUT2D eigenvalue weighted by atomic mass is 79.9. The third-order valence-corrected chi connectivity index (χ3v) is 3.70. The molecule has 5 heteroatoms. The van der Waals surface area contributed by atoms with Crippen LogP contribution in [0.4, 0.5) is 5.69 Å². The predicted octanol–water partition coefficient (Wildman–Crippen LogP) is 2.91. The molecule has 19 heavy (non-hydrogen) atoms. The number of nitrogens with one attached hydrogen (secondary N) is 1. The lowest BCUT2D eigenvalue weighted by atomic mass is 10.0. The molecule has 0 heterocycles. The minimum absolute atomic E-state index is 0.0175. The SMILES string of the molecule is COCc1c(Br)cccc1NC(=O)C(C)CCCN. The van der Waals surface area contributed by atoms with Gasteiger partial charge in [-0.05, 0) is 31.5 Å². The van der Waals surface area contributed by atoms with Crippen LogP contribution in [-0.2, 0) is 16.1 Å². The van der Waals surface area contributed by atoms with E-state index in [1.54, 1.807) is 7.11 Å². The smallest absolute Gasteiger partial charge is 0.227 e. The molecule has 0 bridgehead atoms. The van der Waals surface area contributed by atoms with Gasteiger partial charge < -0.3 is 15.8 Å². The number of amides is 1. The molecule has 0 fully saturated rings. The summed E-state index contributed by atoms with van der Waals surface area (Å²) in [7, 11) is 1.63. The average Bonchev–Trinajstić information content (AvgIpc) is 2.39. The van der Waals surface area contributed by atoms with Gasteiger partial charge in [0.1, 0.15) is 0 Å². The van der Waals surface area contributed by atoms with Crippen LogP contribution in [0.5, 0.6) is 0 Å². The van der Waals surface area contributed by atoms with Crippen molar-refractivity contribution in [2.75, 3.05) is 19.0 Å². The Morgan fingerprint density at radius 2 is 2.26 bits per heavy atom. The quantitative estimate of drug-likeness (QED) is 0.808. The molecule has 1 amide bonds. The molecule has 1 atom stereocenters. The molecule has 1 aromatic rings. The standard InChI is InChI=1S/C14H21BrN2O2/c1-10(5-4-8-16)14(18)17-13-7-3-6-12(15)11(13)9-19-2/h3,6-7,10H,4-5,8-9,16H2,1-2H3,(H,17,18). The number of ether oxygens (including phenoxy) is 1. The molecule has 106 valence electrons. The van der Waals surface area contributed by atoms with E-state index in [0.717, 1.165) is 28.6 Å². The second-order valence-electron chi connectivity index (χ2n) is 4.52. The second kappa shape index (κ2) is 8.30. The van der Waals surface area contributed by atoms with E-state index in [-0.39, 0.29) is 11.8 Å². The number of carbonyl (C=O) groups excluding carboxylic acids is 1. The zero-order valence-corrected chi connectivity index (χ0v) is 13.0. The van der Waals surface area contributed by atoms with Crippen LogP contribution in [0.3, 0.4) is 0 Å². The molecule has 0 saturated carbocycles. The molecular formula is C14H21BrN2O2. The summed E-state index contributed by atoms with van der Waals surface area (Å²) >= 11 is 3.47. The van der Waals surface area contributed by atoms with Crippen LogP contribution in [0.2, 0.25) is 0 Å². The van der Waals surface area contributed by atoms with Crippen molar-refractivity contribution in [3.8, 4) is 0 Å². The van der Waals surface area contributed by atoms with Crippen LogP contribution < -0.4 is 11.1 Å². The highest BCUT2D eigenvalue weighted by Crippen LogP contribution is 2.26. The first-order valence-electron chi connectivity index (χ1n) is 6.37. The molecule has 0 aromatic heterocycles. The first-order valence-corrected chi connectivity index (χ1v) is 7.16. The first kappa shape index (κ1) is 16.1. The Balaban J connectivity index is 2.75. The van der Waals surface area contributed by atoms with Crippen LogP contribution in [-0.4, -0.2) is 19.6 Å². The largest absolute Gasteiger partial charge is 0.380 e. The maximum atomic E-state index is 12.1. The van der Waals surface area contributed by atoms with Gasteiger partial charge in [0.15, 0.2) is 0 Å². The first-order chi connectivity index (χ1) is 9.10. The molecule has 1 rings (SSSR count). The third-order valence-electron chi connectivity index (χ3n) is 2.95. The Bertz CT molecular complexity index is 424. The topological polar surface area (TPSA) is 64.3 Å². The van der Waals surface area contributed by atoms with Crippen molar-refractivity contribution >= 4 is 27.5 Å². The molecule has 3 N–H and O–H groups in total. The van der Waals surface area contributed by atoms with Gasteiger partial charge in [0, 0.05) is 28.8 Å². The Hall–Kier alpha value is -0.910. The highest BCUT2D eigenvalue weighted by Gasteiger charge is 2.15. The molecule has 0 aliphatic rings. The van der Waals surface area contributed by atoms with Gasteiger partial charge in [0.25, 0.3) is 0 Å². The van der Waals surface area contributed by atoms with E-state index in [0.29, 0.717) is 13.2 Å². The van der Waals surface area contributed by atoms with E-state index in [1.165, 1.54) is 0 Å². The van der Waals surface area contributed by atoms with Crippen LogP contribution >= 0.6 is 15.9 Å². The minimum atomic E-state index is -0.0436. The van der Waals surface area contributed by atoms with Gasteiger partial charge in [-0.15, -0.1) is 0 Å². The van der Waals surface area contributed by atoms with E-state index < -0.39 is 0 Å². The molecule has 0 aliphatic heterocycles. The molecule has 4 nitrogen and oxygen atoms in total. The lowest BCUT2D eigenvalue weighted by Crippen LogP contribution is -2.22. The van der Waals surface area contributed by atoms with Crippen LogP contribution in [0.1, 0.15) is 25.3 Å². The zero-order valence-electron chi connectivity index (χ0n) is 11.4. The Morgan fingerprint density at radius 1 is 1.53 bits per heavy atom. The van der Waals surface area contributed by atoms with Crippen molar-refractivity contribution in [2.45, 2.75) is 26.4 Å². The highest BCUT2D eigenvalue weighted by molar-refractivity contribution is 9.10. The minimum Gasteiger partial charge on any atom is -0.380 e. The average molecular weight is 329 g/mol. The van der Waals surface area contributed by atoms with Crippen LogP contribution in [0.15, 0.2) is 22.7 Å².